The van der Waals surface area contributed by atoms with Crippen LogP contribution in [0.15, 0.2) is 6.20 Å². The summed E-state index contributed by atoms with van der Waals surface area (Å²) >= 11 is 7.03. The maximum Gasteiger partial charge on any atom is 0.123 e. The number of aliphatic hydroxyl groups is 1. The Labute approximate surface area is 81.2 Å². The van der Waals surface area contributed by atoms with E-state index in [0.717, 1.165) is 24.3 Å². The van der Waals surface area contributed by atoms with Gasteiger partial charge in [-0.2, -0.15) is 0 Å². The van der Waals surface area contributed by atoms with E-state index in [2.05, 4.69) is 11.9 Å². The van der Waals surface area contributed by atoms with Gasteiger partial charge in [-0.3, -0.25) is 0 Å². The molecule has 0 aliphatic heterocycles. The number of hydrogen-bond donors (Lipinski definition) is 1. The van der Waals surface area contributed by atoms with Crippen molar-refractivity contribution in [1.29, 1.82) is 0 Å². The zero-order valence-electron chi connectivity index (χ0n) is 6.96. The van der Waals surface area contributed by atoms with Crippen molar-refractivity contribution in [1.82, 2.24) is 4.98 Å². The molecule has 1 heterocycles. The largest absolute Gasteiger partial charge is 0.386 e. The number of hydrogen-bond acceptors (Lipinski definition) is 3. The van der Waals surface area contributed by atoms with Gasteiger partial charge in [-0.25, -0.2) is 4.98 Å². The van der Waals surface area contributed by atoms with Gasteiger partial charge in [0.25, 0.3) is 0 Å². The third kappa shape index (κ3) is 2.73. The lowest BCUT2D eigenvalue weighted by atomic mass is 10.2. The van der Waals surface area contributed by atoms with Crippen molar-refractivity contribution in [2.45, 2.75) is 32.3 Å². The lowest BCUT2D eigenvalue weighted by Crippen LogP contribution is -1.95. The standard InChI is InChI=1S/C8H12ClNOS/c1-2-3-4-6(11)8-10-5-7(9)12-8/h5-6,11H,2-4H2,1H3. The van der Waals surface area contributed by atoms with Crippen LogP contribution >= 0.6 is 22.9 Å². The highest BCUT2D eigenvalue weighted by atomic mass is 35.5. The number of aliphatic hydroxyl groups excluding tert-OH is 1. The van der Waals surface area contributed by atoms with E-state index in [1.807, 2.05) is 0 Å². The maximum atomic E-state index is 9.55. The molecule has 1 unspecified atom stereocenters. The number of nitrogens with zero attached hydrogens (tertiary/aromatic N) is 1. The number of unbranched alkanes of at least 4 members (excludes halogenated alkanes) is 1. The van der Waals surface area contributed by atoms with Crippen molar-refractivity contribution < 1.29 is 5.11 Å². The van der Waals surface area contributed by atoms with Crippen molar-refractivity contribution >= 4 is 22.9 Å². The second kappa shape index (κ2) is 4.80. The number of rotatable bonds is 4. The Morgan fingerprint density at radius 2 is 2.50 bits per heavy atom. The predicted octanol–water partition coefficient (Wildman–Crippen LogP) is 3.02. The van der Waals surface area contributed by atoms with Gasteiger partial charge in [-0.05, 0) is 6.42 Å². The van der Waals surface area contributed by atoms with Crippen LogP contribution in [-0.2, 0) is 0 Å². The van der Waals surface area contributed by atoms with Crippen LogP contribution < -0.4 is 0 Å². The van der Waals surface area contributed by atoms with Crippen LogP contribution in [-0.4, -0.2) is 10.1 Å². The molecule has 0 saturated carbocycles. The third-order valence-electron chi connectivity index (χ3n) is 1.61. The molecule has 1 atom stereocenters. The fourth-order valence-corrected chi connectivity index (χ4v) is 1.89. The van der Waals surface area contributed by atoms with Crippen molar-refractivity contribution in [2.75, 3.05) is 0 Å². The second-order valence-corrected chi connectivity index (χ2v) is 4.35. The van der Waals surface area contributed by atoms with Gasteiger partial charge < -0.3 is 5.11 Å². The van der Waals surface area contributed by atoms with Gasteiger partial charge >= 0.3 is 0 Å². The van der Waals surface area contributed by atoms with Crippen molar-refractivity contribution in [3.8, 4) is 0 Å². The van der Waals surface area contributed by atoms with Crippen molar-refractivity contribution in [3.05, 3.63) is 15.5 Å². The predicted molar refractivity (Wildman–Crippen MR) is 51.6 cm³/mol. The Kier molecular flexibility index (Phi) is 3.98. The highest BCUT2D eigenvalue weighted by Gasteiger charge is 2.10. The normalized spacial score (nSPS) is 13.2. The fourth-order valence-electron chi connectivity index (χ4n) is 0.942. The van der Waals surface area contributed by atoms with Gasteiger partial charge in [0.2, 0.25) is 0 Å². The summed E-state index contributed by atoms with van der Waals surface area (Å²) in [7, 11) is 0. The fraction of sp³-hybridized carbons (Fsp3) is 0.625. The van der Waals surface area contributed by atoms with Gasteiger partial charge in [-0.15, -0.1) is 11.3 Å². The summed E-state index contributed by atoms with van der Waals surface area (Å²) in [6.45, 7) is 2.10. The van der Waals surface area contributed by atoms with E-state index in [-0.39, 0.29) is 0 Å². The topological polar surface area (TPSA) is 33.1 Å². The summed E-state index contributed by atoms with van der Waals surface area (Å²) in [5.74, 6) is 0. The van der Waals surface area contributed by atoms with Crippen LogP contribution in [0.1, 0.15) is 37.3 Å². The average molecular weight is 206 g/mol. The van der Waals surface area contributed by atoms with Crippen LogP contribution in [0.2, 0.25) is 4.34 Å². The van der Waals surface area contributed by atoms with Gasteiger partial charge in [-0.1, -0.05) is 31.4 Å². The van der Waals surface area contributed by atoms with E-state index in [0.29, 0.717) is 4.34 Å². The third-order valence-corrected chi connectivity index (χ3v) is 2.83. The van der Waals surface area contributed by atoms with E-state index in [4.69, 9.17) is 11.6 Å². The Bertz CT molecular complexity index is 239. The summed E-state index contributed by atoms with van der Waals surface area (Å²) in [4.78, 5) is 4.01. The zero-order valence-corrected chi connectivity index (χ0v) is 8.53. The molecule has 12 heavy (non-hydrogen) atoms. The Hall–Kier alpha value is -0.120. The first-order valence-corrected chi connectivity index (χ1v) is 5.22. The summed E-state index contributed by atoms with van der Waals surface area (Å²) in [6, 6.07) is 0. The van der Waals surface area contributed by atoms with Crippen LogP contribution in [0.3, 0.4) is 0 Å². The molecular formula is C8H12ClNOS. The first-order chi connectivity index (χ1) is 5.74. The molecule has 68 valence electrons. The van der Waals surface area contributed by atoms with E-state index >= 15 is 0 Å². The van der Waals surface area contributed by atoms with Gasteiger partial charge in [0, 0.05) is 0 Å². The molecule has 1 aromatic rings. The Morgan fingerprint density at radius 1 is 1.75 bits per heavy atom. The van der Waals surface area contributed by atoms with Crippen molar-refractivity contribution in [3.63, 3.8) is 0 Å². The number of thiazole rings is 1. The summed E-state index contributed by atoms with van der Waals surface area (Å²) in [5, 5.41) is 10.3. The van der Waals surface area contributed by atoms with Crippen LogP contribution in [0.4, 0.5) is 0 Å². The molecular weight excluding hydrogens is 194 g/mol. The number of aromatic nitrogens is 1. The SMILES string of the molecule is CCCCC(O)c1ncc(Cl)s1. The molecule has 2 nitrogen and oxygen atoms in total. The second-order valence-electron chi connectivity index (χ2n) is 2.66. The molecule has 0 bridgehead atoms. The highest BCUT2D eigenvalue weighted by molar-refractivity contribution is 7.15. The minimum Gasteiger partial charge on any atom is -0.386 e. The average Bonchev–Trinajstić information content (AvgIpc) is 2.47. The summed E-state index contributed by atoms with van der Waals surface area (Å²) in [6.07, 6.45) is 4.05. The molecule has 0 aromatic carbocycles. The summed E-state index contributed by atoms with van der Waals surface area (Å²) < 4.78 is 0.639. The monoisotopic (exact) mass is 205 g/mol. The molecule has 1 rings (SSSR count). The molecule has 0 radical (unpaired) electrons. The van der Waals surface area contributed by atoms with Gasteiger partial charge in [0.05, 0.1) is 6.20 Å². The van der Waals surface area contributed by atoms with E-state index < -0.39 is 6.10 Å². The quantitative estimate of drug-likeness (QED) is 0.820. The van der Waals surface area contributed by atoms with Crippen LogP contribution in [0, 0.1) is 0 Å². The van der Waals surface area contributed by atoms with Crippen LogP contribution in [0.25, 0.3) is 0 Å². The lowest BCUT2D eigenvalue weighted by Gasteiger charge is -2.04. The van der Waals surface area contributed by atoms with E-state index in [1.165, 1.54) is 11.3 Å². The molecule has 0 aliphatic rings. The molecule has 0 spiro atoms. The maximum absolute atomic E-state index is 9.55. The zero-order chi connectivity index (χ0) is 8.97. The number of halogens is 1. The molecule has 0 amide bonds. The summed E-state index contributed by atoms with van der Waals surface area (Å²) in [5.41, 5.74) is 0. The minimum atomic E-state index is -0.428. The van der Waals surface area contributed by atoms with E-state index in [1.54, 1.807) is 6.20 Å². The molecule has 1 N–H and O–H groups in total. The highest BCUT2D eigenvalue weighted by Crippen LogP contribution is 2.26. The van der Waals surface area contributed by atoms with Crippen LogP contribution in [0.5, 0.6) is 0 Å². The molecule has 0 aliphatic carbocycles. The Morgan fingerprint density at radius 3 is 3.00 bits per heavy atom. The smallest absolute Gasteiger partial charge is 0.123 e. The Balaban J connectivity index is 2.47. The van der Waals surface area contributed by atoms with Gasteiger partial charge in [0.1, 0.15) is 15.4 Å². The van der Waals surface area contributed by atoms with E-state index in [9.17, 15) is 5.11 Å². The van der Waals surface area contributed by atoms with Gasteiger partial charge in [0.15, 0.2) is 0 Å². The molecule has 0 saturated heterocycles. The molecule has 1 aromatic heterocycles. The first kappa shape index (κ1) is 9.96. The minimum absolute atomic E-state index is 0.428. The molecule has 0 fully saturated rings. The first-order valence-electron chi connectivity index (χ1n) is 4.03. The lowest BCUT2D eigenvalue weighted by molar-refractivity contribution is 0.164. The molecule has 4 heteroatoms. The van der Waals surface area contributed by atoms with Crippen molar-refractivity contribution in [2.24, 2.45) is 0 Å².